The fourth-order valence-electron chi connectivity index (χ4n) is 8.47. The number of fused-ring (bicyclic) bond motifs is 3. The predicted octanol–water partition coefficient (Wildman–Crippen LogP) is 7.79. The third-order valence-electron chi connectivity index (χ3n) is 13.8. The summed E-state index contributed by atoms with van der Waals surface area (Å²) in [5, 5.41) is 0. The van der Waals surface area contributed by atoms with Crippen LogP contribution in [0.5, 0.6) is 0 Å². The van der Waals surface area contributed by atoms with Gasteiger partial charge in [0.25, 0.3) is 0 Å². The van der Waals surface area contributed by atoms with Gasteiger partial charge in [0.05, 0.1) is 35.6 Å². The summed E-state index contributed by atoms with van der Waals surface area (Å²) < 4.78 is 37.2. The zero-order chi connectivity index (χ0) is 43.2. The first-order valence-electron chi connectivity index (χ1n) is 22.6. The van der Waals surface area contributed by atoms with Crippen molar-refractivity contribution in [3.05, 3.63) is 47.5 Å². The molecule has 4 N–H and O–H groups in total. The normalized spacial score (nSPS) is 20.3. The summed E-state index contributed by atoms with van der Waals surface area (Å²) in [5.41, 5.74) is 17.4. The number of unbranched alkanes of at least 4 members (excludes halogenated alkanes) is 6. The number of hydrogen-bond donors (Lipinski definition) is 2. The summed E-state index contributed by atoms with van der Waals surface area (Å²) in [6.45, 7) is 21.7. The molecule has 0 radical (unpaired) electrons. The lowest BCUT2D eigenvalue weighted by molar-refractivity contribution is -0.146. The lowest BCUT2D eigenvalue weighted by atomic mass is 9.67. The molecule has 2 aliphatic heterocycles. The van der Waals surface area contributed by atoms with Crippen molar-refractivity contribution in [3.63, 3.8) is 0 Å². The number of carbonyl (C=O) groups excluding carboxylic acids is 2. The Morgan fingerprint density at radius 3 is 1.25 bits per heavy atom. The zero-order valence-corrected chi connectivity index (χ0v) is 38.0. The first-order chi connectivity index (χ1) is 27.8. The maximum atomic E-state index is 12.5. The summed E-state index contributed by atoms with van der Waals surface area (Å²) in [4.78, 5) is 25.1. The number of nitrogens with two attached hydrogens (primary N) is 2. The largest absolute Gasteiger partial charge is 0.494 e. The second kappa shape index (κ2) is 19.5. The highest BCUT2D eigenvalue weighted by Gasteiger charge is 2.54. The molecule has 3 aliphatic rings. The maximum absolute atomic E-state index is 12.5. The van der Waals surface area contributed by atoms with E-state index in [9.17, 15) is 9.59 Å². The molecule has 12 heteroatoms. The quantitative estimate of drug-likeness (QED) is 0.0688. The van der Waals surface area contributed by atoms with Gasteiger partial charge in [-0.1, -0.05) is 102 Å². The molecule has 0 amide bonds. The van der Waals surface area contributed by atoms with E-state index in [2.05, 4.69) is 106 Å². The van der Waals surface area contributed by atoms with Crippen LogP contribution >= 0.6 is 0 Å². The Kier molecular flexibility index (Phi) is 15.7. The molecule has 59 heavy (non-hydrogen) atoms. The summed E-state index contributed by atoms with van der Waals surface area (Å²) in [6, 6.07) is 12.2. The number of esters is 2. The van der Waals surface area contributed by atoms with E-state index in [1.807, 2.05) is 0 Å². The number of hydrogen-bond acceptors (Lipinski definition) is 10. The van der Waals surface area contributed by atoms with Crippen LogP contribution in [0.3, 0.4) is 0 Å². The van der Waals surface area contributed by atoms with E-state index >= 15 is 0 Å². The lowest BCUT2D eigenvalue weighted by Gasteiger charge is -2.33. The molecule has 10 nitrogen and oxygen atoms in total. The minimum atomic E-state index is -0.617. The molecule has 2 unspecified atom stereocenters. The van der Waals surface area contributed by atoms with Crippen LogP contribution in [0.15, 0.2) is 36.4 Å². The summed E-state index contributed by atoms with van der Waals surface area (Å²) in [6.07, 6.45) is 12.0. The Bertz CT molecular complexity index is 1590. The van der Waals surface area contributed by atoms with Crippen LogP contribution in [-0.4, -0.2) is 73.9 Å². The average molecular weight is 817 g/mol. The minimum absolute atomic E-state index is 0.312. The topological polar surface area (TPSA) is 142 Å². The van der Waals surface area contributed by atoms with Gasteiger partial charge < -0.3 is 39.6 Å². The molecule has 0 spiro atoms. The van der Waals surface area contributed by atoms with Gasteiger partial charge in [-0.25, -0.2) is 0 Å². The van der Waals surface area contributed by atoms with Gasteiger partial charge in [0.2, 0.25) is 0 Å². The van der Waals surface area contributed by atoms with Crippen LogP contribution in [0.2, 0.25) is 0 Å². The van der Waals surface area contributed by atoms with Crippen LogP contribution in [-0.2, 0) is 43.1 Å². The van der Waals surface area contributed by atoms with Crippen LogP contribution in [0, 0.1) is 0 Å². The fraction of sp³-hybridized carbons (Fsp3) is 0.702. The van der Waals surface area contributed by atoms with Gasteiger partial charge in [0, 0.05) is 5.41 Å². The van der Waals surface area contributed by atoms with Gasteiger partial charge in [-0.2, -0.15) is 0 Å². The highest BCUT2D eigenvalue weighted by molar-refractivity contribution is 6.62. The van der Waals surface area contributed by atoms with Crippen molar-refractivity contribution >= 4 is 37.1 Å². The molecule has 0 saturated carbocycles. The van der Waals surface area contributed by atoms with Crippen molar-refractivity contribution < 1.29 is 37.7 Å². The molecule has 2 aromatic carbocycles. The van der Waals surface area contributed by atoms with Gasteiger partial charge >= 0.3 is 26.2 Å². The molecular weight excluding hydrogens is 742 g/mol. The monoisotopic (exact) mass is 817 g/mol. The summed E-state index contributed by atoms with van der Waals surface area (Å²) >= 11 is 0. The predicted molar refractivity (Wildman–Crippen MR) is 238 cm³/mol. The Morgan fingerprint density at radius 2 is 0.915 bits per heavy atom. The first kappa shape index (κ1) is 47.3. The third-order valence-corrected chi connectivity index (χ3v) is 13.8. The Balaban J connectivity index is 1.46. The second-order valence-electron chi connectivity index (χ2n) is 19.3. The van der Waals surface area contributed by atoms with E-state index in [0.29, 0.717) is 26.1 Å². The van der Waals surface area contributed by atoms with E-state index in [4.69, 9.17) is 39.6 Å². The van der Waals surface area contributed by atoms with Gasteiger partial charge in [-0.15, -0.1) is 0 Å². The molecule has 326 valence electrons. The van der Waals surface area contributed by atoms with E-state index in [0.717, 1.165) is 88.0 Å². The van der Waals surface area contributed by atoms with Gasteiger partial charge in [-0.3, -0.25) is 9.59 Å². The van der Waals surface area contributed by atoms with Crippen LogP contribution in [0.1, 0.15) is 170 Å². The van der Waals surface area contributed by atoms with Crippen molar-refractivity contribution in [1.29, 1.82) is 0 Å². The van der Waals surface area contributed by atoms with Gasteiger partial charge in [0.1, 0.15) is 12.1 Å². The Hall–Kier alpha value is -2.73. The van der Waals surface area contributed by atoms with Gasteiger partial charge in [-0.05, 0) is 127 Å². The number of ether oxygens (including phenoxy) is 2. The maximum Gasteiger partial charge on any atom is 0.494 e. The summed E-state index contributed by atoms with van der Waals surface area (Å²) in [7, 11) is -0.992. The molecule has 2 fully saturated rings. The minimum Gasteiger partial charge on any atom is -0.465 e. The van der Waals surface area contributed by atoms with Gasteiger partial charge in [0.15, 0.2) is 0 Å². The fourth-order valence-corrected chi connectivity index (χ4v) is 8.47. The first-order valence-corrected chi connectivity index (χ1v) is 22.6. The van der Waals surface area contributed by atoms with E-state index in [1.54, 1.807) is 0 Å². The van der Waals surface area contributed by atoms with E-state index in [1.165, 1.54) is 22.3 Å². The Labute approximate surface area is 356 Å². The highest BCUT2D eigenvalue weighted by Crippen LogP contribution is 2.54. The molecule has 0 aromatic heterocycles. The molecule has 2 aromatic rings. The molecule has 2 saturated heterocycles. The summed E-state index contributed by atoms with van der Waals surface area (Å²) in [5.74, 6) is -0.624. The van der Waals surface area contributed by atoms with Crippen molar-refractivity contribution in [1.82, 2.24) is 0 Å². The Morgan fingerprint density at radius 1 is 0.559 bits per heavy atom. The standard InChI is InChI=1S/C47H74B2N2O8/c1-11-13-29-54-41(52)39(50)21-17-15-19-27-47(28-20-16-18-22-40(51)42(53)55-30-14-12-2)37-31-33(48-56-43(3,4)44(5,6)57-48)23-25-35(37)36-26-24-34(32-38(36)47)49-58-45(7,8)46(9,10)59-49/h23-26,31-32,39-40H,11-22,27-30,50-51H2,1-10H3. The molecule has 2 heterocycles. The van der Waals surface area contributed by atoms with Crippen LogP contribution in [0.4, 0.5) is 0 Å². The zero-order valence-electron chi connectivity index (χ0n) is 38.0. The van der Waals surface area contributed by atoms with E-state index in [-0.39, 0.29) is 17.4 Å². The molecule has 1 aliphatic carbocycles. The van der Waals surface area contributed by atoms with Crippen molar-refractivity contribution in [2.75, 3.05) is 13.2 Å². The van der Waals surface area contributed by atoms with E-state index < -0.39 is 48.7 Å². The molecule has 5 rings (SSSR count). The smallest absolute Gasteiger partial charge is 0.465 e. The number of carbonyl (C=O) groups is 2. The molecule has 2 atom stereocenters. The number of benzene rings is 2. The van der Waals surface area contributed by atoms with Crippen molar-refractivity contribution in [3.8, 4) is 11.1 Å². The van der Waals surface area contributed by atoms with Crippen molar-refractivity contribution in [2.24, 2.45) is 11.5 Å². The average Bonchev–Trinajstić information content (AvgIpc) is 3.67. The highest BCUT2D eigenvalue weighted by atomic mass is 16.7. The molecule has 0 bridgehead atoms. The second-order valence-corrected chi connectivity index (χ2v) is 19.3. The molecular formula is C47H74B2N2O8. The lowest BCUT2D eigenvalue weighted by Crippen LogP contribution is -2.41. The third kappa shape index (κ3) is 10.7. The number of rotatable bonds is 22. The SMILES string of the molecule is CCCCOC(=O)C(N)CCCCCC1(CCCCCC(N)C(=O)OCCCC)c2cc(B3OC(C)(C)C(C)(C)O3)ccc2-c2ccc(B3OC(C)(C)C(C)(C)O3)cc21. The van der Waals surface area contributed by atoms with Crippen LogP contribution < -0.4 is 22.4 Å². The van der Waals surface area contributed by atoms with Crippen LogP contribution in [0.25, 0.3) is 11.1 Å². The van der Waals surface area contributed by atoms with Crippen molar-refractivity contribution in [2.45, 2.75) is 199 Å².